The standard InChI is InChI=1S/C20H24F2I.C8HF17O3S/c1-3-9-17(21)15-11-5-7-13-19(15)23-20-14-8-6-12-16(20)18(22)10-4-2;9-1(10,3(13,14)5(17,18)7(21,22)23)2(11,12)4(15,16)6(19,20)8(24,25)29(26,27)28/h5-8,11-14,17-18H,3-4,9-10H2,1-2H3;(H,26,27,28)/q+1;/p-1. The lowest BCUT2D eigenvalue weighted by atomic mass is 9.91. The normalized spacial score (nSPS) is 15.5. The van der Waals surface area contributed by atoms with Crippen molar-refractivity contribution in [2.75, 3.05) is 0 Å². The fourth-order valence-electron chi connectivity index (χ4n) is 3.86. The minimum absolute atomic E-state index is 0.546. The molecule has 300 valence electrons. The molecule has 0 aromatic heterocycles. The topological polar surface area (TPSA) is 57.2 Å². The van der Waals surface area contributed by atoms with E-state index in [1.54, 1.807) is 0 Å². The lowest BCUT2D eigenvalue weighted by molar-refractivity contribution is -0.599. The molecule has 0 N–H and O–H groups in total. The summed E-state index contributed by atoms with van der Waals surface area (Å²) in [4.78, 5) is 0. The van der Waals surface area contributed by atoms with Crippen molar-refractivity contribution in [1.29, 1.82) is 0 Å². The van der Waals surface area contributed by atoms with Crippen LogP contribution in [-0.2, 0) is 10.1 Å². The largest absolute Gasteiger partial charge is 0.743 e. The van der Waals surface area contributed by atoms with Crippen LogP contribution in [0.1, 0.15) is 63.0 Å². The van der Waals surface area contributed by atoms with E-state index >= 15 is 0 Å². The van der Waals surface area contributed by atoms with Crippen molar-refractivity contribution < 1.29 is 118 Å². The Balaban J connectivity index is 0.000000532. The van der Waals surface area contributed by atoms with Crippen LogP contribution in [-0.4, -0.2) is 59.9 Å². The van der Waals surface area contributed by atoms with Crippen molar-refractivity contribution in [3.63, 3.8) is 0 Å². The Morgan fingerprint density at radius 3 is 1.12 bits per heavy atom. The molecule has 2 atom stereocenters. The van der Waals surface area contributed by atoms with Crippen LogP contribution in [0.4, 0.5) is 83.4 Å². The number of alkyl halides is 19. The second-order valence-corrected chi connectivity index (χ2v) is 14.8. The van der Waals surface area contributed by atoms with Crippen LogP contribution in [0.3, 0.4) is 0 Å². The summed E-state index contributed by atoms with van der Waals surface area (Å²) in [7, 11) is -8.14. The molecule has 2 unspecified atom stereocenters. The van der Waals surface area contributed by atoms with Crippen LogP contribution < -0.4 is 21.2 Å². The SMILES string of the molecule is CCCC(F)c1ccccc1[I+]c1ccccc1C(F)CCC.O=S(=O)([O-])C(F)(F)C(F)(F)C(F)(F)C(F)(F)C(F)(F)C(F)(F)C(F)(F)C(F)(F)F. The second-order valence-electron chi connectivity index (χ2n) is 10.6. The van der Waals surface area contributed by atoms with Crippen LogP contribution in [0.2, 0.25) is 0 Å². The first kappa shape index (κ1) is 47.8. The fourth-order valence-corrected chi connectivity index (χ4v) is 7.37. The third kappa shape index (κ3) is 8.66. The molecule has 24 heteroatoms. The van der Waals surface area contributed by atoms with Gasteiger partial charge in [-0.05, 0) is 25.0 Å². The summed E-state index contributed by atoms with van der Waals surface area (Å²) in [6.45, 7) is 4.00. The molecule has 2 aromatic carbocycles. The van der Waals surface area contributed by atoms with E-state index in [2.05, 4.69) is 0 Å². The zero-order valence-electron chi connectivity index (χ0n) is 25.8. The first-order valence-electron chi connectivity index (χ1n) is 13.9. The highest BCUT2D eigenvalue weighted by Gasteiger charge is 2.95. The van der Waals surface area contributed by atoms with E-state index in [0.717, 1.165) is 31.1 Å². The summed E-state index contributed by atoms with van der Waals surface area (Å²) in [5.41, 5.74) is 1.59. The van der Waals surface area contributed by atoms with Gasteiger partial charge < -0.3 is 4.55 Å². The minimum atomic E-state index is -8.92. The number of rotatable bonds is 15. The maximum atomic E-state index is 14.4. The molecule has 0 spiro atoms. The highest BCUT2D eigenvalue weighted by atomic mass is 127. The summed E-state index contributed by atoms with van der Waals surface area (Å²) >= 11 is -0.585. The lowest BCUT2D eigenvalue weighted by Gasteiger charge is -2.42. The van der Waals surface area contributed by atoms with Gasteiger partial charge in [0.15, 0.2) is 10.1 Å². The number of hydrogen-bond acceptors (Lipinski definition) is 3. The molecule has 0 radical (unpaired) electrons. The Kier molecular flexibility index (Phi) is 14.9. The van der Waals surface area contributed by atoms with Gasteiger partial charge in [-0.2, -0.15) is 74.6 Å². The molecule has 0 amide bonds. The average molecular weight is 928 g/mol. The van der Waals surface area contributed by atoms with Gasteiger partial charge in [-0.15, -0.1) is 0 Å². The molecule has 3 nitrogen and oxygen atoms in total. The molecule has 0 aliphatic heterocycles. The van der Waals surface area contributed by atoms with Crippen LogP contribution in [0.25, 0.3) is 0 Å². The average Bonchev–Trinajstić information content (AvgIpc) is 3.00. The molecule has 0 heterocycles. The number of hydrogen-bond donors (Lipinski definition) is 0. The van der Waals surface area contributed by atoms with E-state index in [1.165, 1.54) is 0 Å². The third-order valence-corrected chi connectivity index (χ3v) is 10.8. The van der Waals surface area contributed by atoms with Crippen molar-refractivity contribution in [1.82, 2.24) is 0 Å². The van der Waals surface area contributed by atoms with Gasteiger partial charge in [0.2, 0.25) is 7.14 Å². The Morgan fingerprint density at radius 2 is 0.827 bits per heavy atom. The van der Waals surface area contributed by atoms with Gasteiger partial charge in [-0.25, -0.2) is 17.2 Å². The molecule has 0 fully saturated rings. The molecular weight excluding hydrogens is 904 g/mol. The predicted molar refractivity (Wildman–Crippen MR) is 138 cm³/mol. The quantitative estimate of drug-likeness (QED) is 0.104. The lowest BCUT2D eigenvalue weighted by Crippen LogP contribution is -3.62. The van der Waals surface area contributed by atoms with E-state index < -0.39 is 90.6 Å². The highest BCUT2D eigenvalue weighted by molar-refractivity contribution is 7.86. The summed E-state index contributed by atoms with van der Waals surface area (Å²) in [5, 5.41) is -7.95. The van der Waals surface area contributed by atoms with Gasteiger partial charge in [-0.1, -0.05) is 63.1 Å². The van der Waals surface area contributed by atoms with E-state index in [9.17, 15) is 96.4 Å². The van der Waals surface area contributed by atoms with Gasteiger partial charge in [0.25, 0.3) is 0 Å². The smallest absolute Gasteiger partial charge is 0.460 e. The Hall–Kier alpha value is -2.25. The molecule has 0 aliphatic rings. The molecule has 52 heavy (non-hydrogen) atoms. The molecule has 2 rings (SSSR count). The van der Waals surface area contributed by atoms with Crippen molar-refractivity contribution >= 4 is 10.1 Å². The number of halogens is 20. The molecule has 0 saturated heterocycles. The Bertz CT molecular complexity index is 1540. The Morgan fingerprint density at radius 1 is 0.538 bits per heavy atom. The van der Waals surface area contributed by atoms with Crippen LogP contribution >= 0.6 is 0 Å². The van der Waals surface area contributed by atoms with Crippen molar-refractivity contribution in [2.45, 2.75) is 98.8 Å². The molecule has 2 aromatic rings. The van der Waals surface area contributed by atoms with Crippen molar-refractivity contribution in [3.8, 4) is 0 Å². The summed E-state index contributed by atoms with van der Waals surface area (Å²) in [6, 6.07) is 15.5. The van der Waals surface area contributed by atoms with Crippen molar-refractivity contribution in [2.24, 2.45) is 0 Å². The third-order valence-electron chi connectivity index (χ3n) is 6.78. The highest BCUT2D eigenvalue weighted by Crippen LogP contribution is 2.64. The zero-order chi connectivity index (χ0) is 41.2. The van der Waals surface area contributed by atoms with E-state index in [-0.39, 0.29) is 0 Å². The minimum Gasteiger partial charge on any atom is -0.743 e. The van der Waals surface area contributed by atoms with Gasteiger partial charge >= 0.3 is 68.2 Å². The van der Waals surface area contributed by atoms with E-state index in [4.69, 9.17) is 0 Å². The predicted octanol–water partition coefficient (Wildman–Crippen LogP) is 7.93. The van der Waals surface area contributed by atoms with Crippen LogP contribution in [0, 0.1) is 7.14 Å². The Labute approximate surface area is 292 Å². The summed E-state index contributed by atoms with van der Waals surface area (Å²) in [6.07, 6.45) is -6.98. The fraction of sp³-hybridized carbons (Fsp3) is 0.571. The summed E-state index contributed by atoms with van der Waals surface area (Å²) < 4.78 is 275. The van der Waals surface area contributed by atoms with Gasteiger partial charge in [0, 0.05) is 11.1 Å². The van der Waals surface area contributed by atoms with Crippen LogP contribution in [0.5, 0.6) is 0 Å². The molecule has 0 saturated carbocycles. The first-order chi connectivity index (χ1) is 23.2. The van der Waals surface area contributed by atoms with E-state index in [1.807, 2.05) is 62.4 Å². The van der Waals surface area contributed by atoms with E-state index in [0.29, 0.717) is 12.8 Å². The van der Waals surface area contributed by atoms with Gasteiger partial charge in [0.05, 0.1) is 0 Å². The first-order valence-corrected chi connectivity index (χ1v) is 17.5. The summed E-state index contributed by atoms with van der Waals surface area (Å²) in [5.74, 6) is -52.1. The maximum Gasteiger partial charge on any atom is 0.460 e. The molecular formula is C28H24F19IO3S. The zero-order valence-corrected chi connectivity index (χ0v) is 28.8. The number of benzene rings is 2. The molecule has 0 aliphatic carbocycles. The van der Waals surface area contributed by atoms with Crippen LogP contribution in [0.15, 0.2) is 48.5 Å². The molecule has 0 bridgehead atoms. The van der Waals surface area contributed by atoms with Gasteiger partial charge in [0.1, 0.15) is 12.3 Å². The maximum absolute atomic E-state index is 14.4. The second kappa shape index (κ2) is 16.2. The van der Waals surface area contributed by atoms with Crippen molar-refractivity contribution in [3.05, 3.63) is 66.8 Å². The monoisotopic (exact) mass is 928 g/mol. The van der Waals surface area contributed by atoms with Gasteiger partial charge in [-0.3, -0.25) is 0 Å².